The Morgan fingerprint density at radius 1 is 1.04 bits per heavy atom. The Morgan fingerprint density at radius 3 is 2.27 bits per heavy atom. The van der Waals surface area contributed by atoms with Crippen molar-refractivity contribution in [2.45, 2.75) is 26.7 Å². The second-order valence-electron chi connectivity index (χ2n) is 6.41. The molecule has 3 rings (SSSR count). The second kappa shape index (κ2) is 7.56. The summed E-state index contributed by atoms with van der Waals surface area (Å²) in [6, 6.07) is 16.0. The van der Waals surface area contributed by atoms with Crippen molar-refractivity contribution in [2.24, 2.45) is 0 Å². The molecule has 0 unspecified atom stereocenters. The maximum Gasteiger partial charge on any atom is 0.340 e. The van der Waals surface area contributed by atoms with Crippen molar-refractivity contribution in [3.8, 4) is 22.4 Å². The van der Waals surface area contributed by atoms with Crippen LogP contribution in [0.5, 0.6) is 0 Å². The van der Waals surface area contributed by atoms with Crippen LogP contribution in [0, 0.1) is 5.82 Å². The van der Waals surface area contributed by atoms with Gasteiger partial charge in [-0.25, -0.2) is 9.18 Å². The monoisotopic (exact) mass is 351 g/mol. The van der Waals surface area contributed by atoms with Crippen molar-refractivity contribution in [3.63, 3.8) is 0 Å². The minimum atomic E-state index is -0.348. The van der Waals surface area contributed by atoms with Crippen LogP contribution < -0.4 is 0 Å². The van der Waals surface area contributed by atoms with Crippen LogP contribution in [-0.2, 0) is 4.74 Å². The molecule has 1 aromatic heterocycles. The van der Waals surface area contributed by atoms with E-state index < -0.39 is 0 Å². The average molecular weight is 351 g/mol. The van der Waals surface area contributed by atoms with Gasteiger partial charge in [0.25, 0.3) is 0 Å². The Bertz CT molecular complexity index is 896. The number of hydrogen-bond acceptors (Lipinski definition) is 2. The van der Waals surface area contributed by atoms with Crippen molar-refractivity contribution >= 4 is 5.97 Å². The Labute approximate surface area is 152 Å². The molecule has 0 saturated heterocycles. The van der Waals surface area contributed by atoms with Crippen molar-refractivity contribution < 1.29 is 13.9 Å². The number of aromatic nitrogens is 1. The molecule has 4 heteroatoms. The number of carbonyl (C=O) groups excluding carboxylic acids is 1. The molecule has 0 amide bonds. The number of hydrogen-bond donors (Lipinski definition) is 1. The van der Waals surface area contributed by atoms with Gasteiger partial charge in [-0.1, -0.05) is 44.2 Å². The van der Waals surface area contributed by atoms with E-state index in [9.17, 15) is 9.18 Å². The summed E-state index contributed by atoms with van der Waals surface area (Å²) >= 11 is 0. The van der Waals surface area contributed by atoms with Gasteiger partial charge < -0.3 is 9.72 Å². The SMILES string of the molecule is CCOC(=O)c1c(C(C)C)[nH]c(-c2ccc(F)cc2)c1-c1ccccc1. The van der Waals surface area contributed by atoms with Crippen LogP contribution in [0.4, 0.5) is 4.39 Å². The first-order valence-corrected chi connectivity index (χ1v) is 8.77. The first kappa shape index (κ1) is 17.9. The maximum absolute atomic E-state index is 13.4. The van der Waals surface area contributed by atoms with Gasteiger partial charge in [-0.3, -0.25) is 0 Å². The van der Waals surface area contributed by atoms with Crippen LogP contribution in [0.15, 0.2) is 54.6 Å². The number of esters is 1. The molecule has 0 atom stereocenters. The zero-order valence-corrected chi connectivity index (χ0v) is 15.2. The maximum atomic E-state index is 13.4. The van der Waals surface area contributed by atoms with Gasteiger partial charge in [-0.15, -0.1) is 0 Å². The predicted molar refractivity (Wildman–Crippen MR) is 102 cm³/mol. The van der Waals surface area contributed by atoms with Gasteiger partial charge in [-0.05, 0) is 48.2 Å². The van der Waals surface area contributed by atoms with E-state index in [1.165, 1.54) is 12.1 Å². The average Bonchev–Trinajstić information content (AvgIpc) is 3.04. The highest BCUT2D eigenvalue weighted by molar-refractivity contribution is 6.03. The minimum Gasteiger partial charge on any atom is -0.462 e. The highest BCUT2D eigenvalue weighted by atomic mass is 19.1. The summed E-state index contributed by atoms with van der Waals surface area (Å²) in [5, 5.41) is 0. The van der Waals surface area contributed by atoms with Crippen molar-refractivity contribution in [1.82, 2.24) is 4.98 Å². The number of nitrogens with one attached hydrogen (secondary N) is 1. The third-order valence-electron chi connectivity index (χ3n) is 4.28. The Hall–Kier alpha value is -2.88. The number of carbonyl (C=O) groups is 1. The molecule has 0 bridgehead atoms. The number of aromatic amines is 1. The molecule has 1 N–H and O–H groups in total. The fourth-order valence-electron chi connectivity index (χ4n) is 3.09. The molecule has 0 saturated carbocycles. The van der Waals surface area contributed by atoms with Gasteiger partial charge in [-0.2, -0.15) is 0 Å². The van der Waals surface area contributed by atoms with E-state index in [-0.39, 0.29) is 17.7 Å². The summed E-state index contributed by atoms with van der Waals surface area (Å²) in [5.41, 5.74) is 4.69. The quantitative estimate of drug-likeness (QED) is 0.591. The van der Waals surface area contributed by atoms with Gasteiger partial charge in [0.2, 0.25) is 0 Å². The lowest BCUT2D eigenvalue weighted by molar-refractivity contribution is 0.0525. The third-order valence-corrected chi connectivity index (χ3v) is 4.28. The summed E-state index contributed by atoms with van der Waals surface area (Å²) in [5.74, 6) is -0.540. The standard InChI is InChI=1S/C22H22FNO2/c1-4-26-22(25)19-18(15-8-6-5-7-9-15)21(24-20(19)14(2)3)16-10-12-17(23)13-11-16/h5-14,24H,4H2,1-3H3. The Kier molecular flexibility index (Phi) is 5.21. The van der Waals surface area contributed by atoms with Crippen LogP contribution >= 0.6 is 0 Å². The Balaban J connectivity index is 2.31. The molecule has 1 heterocycles. The minimum absolute atomic E-state index is 0.103. The molecule has 134 valence electrons. The first-order chi connectivity index (χ1) is 12.5. The smallest absolute Gasteiger partial charge is 0.340 e. The van der Waals surface area contributed by atoms with E-state index in [1.807, 2.05) is 44.2 Å². The number of benzene rings is 2. The van der Waals surface area contributed by atoms with E-state index in [0.29, 0.717) is 12.2 Å². The highest BCUT2D eigenvalue weighted by Crippen LogP contribution is 2.39. The van der Waals surface area contributed by atoms with Gasteiger partial charge in [0, 0.05) is 11.3 Å². The van der Waals surface area contributed by atoms with Gasteiger partial charge in [0.1, 0.15) is 5.82 Å². The number of H-pyrrole nitrogens is 1. The van der Waals surface area contributed by atoms with E-state index in [1.54, 1.807) is 19.1 Å². The fourth-order valence-corrected chi connectivity index (χ4v) is 3.09. The summed E-state index contributed by atoms with van der Waals surface area (Å²) in [7, 11) is 0. The van der Waals surface area contributed by atoms with Gasteiger partial charge in [0.05, 0.1) is 17.9 Å². The summed E-state index contributed by atoms with van der Waals surface area (Å²) in [6.45, 7) is 6.15. The topological polar surface area (TPSA) is 42.1 Å². The molecule has 0 aliphatic carbocycles. The number of ether oxygens (including phenoxy) is 1. The van der Waals surface area contributed by atoms with Crippen molar-refractivity contribution in [1.29, 1.82) is 0 Å². The predicted octanol–water partition coefficient (Wildman–Crippen LogP) is 5.79. The highest BCUT2D eigenvalue weighted by Gasteiger charge is 2.27. The number of halogens is 1. The fraction of sp³-hybridized carbons (Fsp3) is 0.227. The van der Waals surface area contributed by atoms with Crippen LogP contribution in [-0.4, -0.2) is 17.6 Å². The lowest BCUT2D eigenvalue weighted by Gasteiger charge is -2.10. The summed E-state index contributed by atoms with van der Waals surface area (Å²) < 4.78 is 18.7. The lowest BCUT2D eigenvalue weighted by Crippen LogP contribution is -2.09. The molecule has 0 fully saturated rings. The van der Waals surface area contributed by atoms with E-state index >= 15 is 0 Å². The van der Waals surface area contributed by atoms with Gasteiger partial charge in [0.15, 0.2) is 0 Å². The van der Waals surface area contributed by atoms with Crippen molar-refractivity contribution in [2.75, 3.05) is 6.61 Å². The summed E-state index contributed by atoms with van der Waals surface area (Å²) in [4.78, 5) is 16.2. The molecule has 0 spiro atoms. The van der Waals surface area contributed by atoms with E-state index in [0.717, 1.165) is 28.1 Å². The van der Waals surface area contributed by atoms with Crippen LogP contribution in [0.2, 0.25) is 0 Å². The zero-order chi connectivity index (χ0) is 18.7. The van der Waals surface area contributed by atoms with Gasteiger partial charge >= 0.3 is 5.97 Å². The summed E-state index contributed by atoms with van der Waals surface area (Å²) in [6.07, 6.45) is 0. The molecular weight excluding hydrogens is 329 g/mol. The molecule has 3 nitrogen and oxygen atoms in total. The third kappa shape index (κ3) is 3.40. The number of rotatable bonds is 5. The lowest BCUT2D eigenvalue weighted by atomic mass is 9.95. The van der Waals surface area contributed by atoms with Crippen LogP contribution in [0.25, 0.3) is 22.4 Å². The zero-order valence-electron chi connectivity index (χ0n) is 15.2. The first-order valence-electron chi connectivity index (χ1n) is 8.77. The van der Waals surface area contributed by atoms with Crippen molar-refractivity contribution in [3.05, 3.63) is 71.7 Å². The molecule has 0 aliphatic heterocycles. The van der Waals surface area contributed by atoms with Crippen LogP contribution in [0.1, 0.15) is 42.7 Å². The molecule has 0 radical (unpaired) electrons. The second-order valence-corrected chi connectivity index (χ2v) is 6.41. The Morgan fingerprint density at radius 2 is 1.69 bits per heavy atom. The molecule has 2 aromatic carbocycles. The largest absolute Gasteiger partial charge is 0.462 e. The molecule has 0 aliphatic rings. The normalized spacial score (nSPS) is 11.0. The molecule has 3 aromatic rings. The van der Waals surface area contributed by atoms with E-state index in [2.05, 4.69) is 4.98 Å². The van der Waals surface area contributed by atoms with E-state index in [4.69, 9.17) is 4.74 Å². The molecule has 26 heavy (non-hydrogen) atoms. The van der Waals surface area contributed by atoms with Crippen LogP contribution in [0.3, 0.4) is 0 Å². The molecular formula is C22H22FNO2.